The number of nitrogens with one attached hydrogen (secondary N) is 1. The van der Waals surface area contributed by atoms with E-state index in [2.05, 4.69) is 5.32 Å². The molecule has 1 amide bonds. The number of carbonyl (C=O) groups is 1. The van der Waals surface area contributed by atoms with E-state index in [1.165, 1.54) is 29.0 Å². The van der Waals surface area contributed by atoms with Crippen LogP contribution in [0.4, 0.5) is 13.2 Å². The third-order valence-electron chi connectivity index (χ3n) is 7.08. The monoisotopic (exact) mass is 583 g/mol. The number of likely N-dealkylation sites (tertiary alicyclic amines) is 1. The molecule has 39 heavy (non-hydrogen) atoms. The molecule has 208 valence electrons. The molecule has 0 radical (unpaired) electrons. The number of halogens is 5. The minimum absolute atomic E-state index is 0.0146. The van der Waals surface area contributed by atoms with Gasteiger partial charge in [-0.1, -0.05) is 23.2 Å². The van der Waals surface area contributed by atoms with Gasteiger partial charge in [-0.3, -0.25) is 9.59 Å². The van der Waals surface area contributed by atoms with Gasteiger partial charge in [-0.2, -0.15) is 0 Å². The number of piperidine rings is 1. The van der Waals surface area contributed by atoms with Crippen LogP contribution in [0.5, 0.6) is 5.75 Å². The molecule has 2 heterocycles. The molecule has 0 bridgehead atoms. The number of carbonyl (C=O) groups excluding carboxylic acids is 1. The zero-order valence-corrected chi connectivity index (χ0v) is 22.2. The number of hydrogen-bond acceptors (Lipinski definition) is 5. The third kappa shape index (κ3) is 6.19. The van der Waals surface area contributed by atoms with Crippen LogP contribution in [0.25, 0.3) is 10.9 Å². The first-order valence-electron chi connectivity index (χ1n) is 12.6. The lowest BCUT2D eigenvalue weighted by molar-refractivity contribution is 0.0567. The van der Waals surface area contributed by atoms with Crippen LogP contribution in [0.1, 0.15) is 35.7 Å². The first-order valence-corrected chi connectivity index (χ1v) is 13.3. The average Bonchev–Trinajstić information content (AvgIpc) is 3.63. The number of aliphatic hydroxyl groups excluding tert-OH is 1. The summed E-state index contributed by atoms with van der Waals surface area (Å²) in [6.07, 6.45) is 0.775. The maximum Gasteiger partial charge on any atom is 0.256 e. The van der Waals surface area contributed by atoms with Gasteiger partial charge in [0, 0.05) is 49.7 Å². The Bertz CT molecular complexity index is 1460. The fourth-order valence-corrected chi connectivity index (χ4v) is 5.13. The van der Waals surface area contributed by atoms with E-state index in [9.17, 15) is 27.9 Å². The number of fused-ring (bicyclic) bond motifs is 1. The second kappa shape index (κ2) is 11.4. The van der Waals surface area contributed by atoms with Crippen molar-refractivity contribution < 1.29 is 27.8 Å². The van der Waals surface area contributed by atoms with Gasteiger partial charge in [0.15, 0.2) is 0 Å². The number of ether oxygens (including phenoxy) is 1. The minimum Gasteiger partial charge on any atom is -0.491 e. The molecule has 2 aromatic carbocycles. The molecule has 3 aromatic rings. The summed E-state index contributed by atoms with van der Waals surface area (Å²) in [4.78, 5) is 28.2. The minimum atomic E-state index is -1.12. The Labute approximate surface area is 232 Å². The normalized spacial score (nSPS) is 20.7. The van der Waals surface area contributed by atoms with Crippen LogP contribution in [-0.2, 0) is 0 Å². The van der Waals surface area contributed by atoms with E-state index in [0.717, 1.165) is 12.1 Å². The number of pyridine rings is 1. The van der Waals surface area contributed by atoms with Crippen molar-refractivity contribution in [1.29, 1.82) is 0 Å². The summed E-state index contributed by atoms with van der Waals surface area (Å²) in [6, 6.07) is 5.55. The van der Waals surface area contributed by atoms with Crippen molar-refractivity contribution in [3.05, 3.63) is 74.0 Å². The number of aliphatic hydroxyl groups is 1. The fraction of sp³-hybridized carbons (Fsp3) is 0.407. The molecule has 1 aromatic heterocycles. The van der Waals surface area contributed by atoms with Gasteiger partial charge in [0.25, 0.3) is 5.91 Å². The van der Waals surface area contributed by atoms with Crippen LogP contribution in [-0.4, -0.2) is 65.0 Å². The molecule has 1 aliphatic carbocycles. The summed E-state index contributed by atoms with van der Waals surface area (Å²) < 4.78 is 48.5. The number of alkyl halides is 1. The van der Waals surface area contributed by atoms with Crippen molar-refractivity contribution in [2.75, 3.05) is 26.2 Å². The molecule has 1 saturated carbocycles. The van der Waals surface area contributed by atoms with Crippen LogP contribution >= 0.6 is 23.2 Å². The zero-order valence-electron chi connectivity index (χ0n) is 20.7. The molecule has 2 unspecified atom stereocenters. The SMILES string of the molecule is O=C(NC1CCN(C[C@@H](O)COc2ccc(Cl)c(F)c2)CC1)c1cn(C2CC2F)c2cc(Cl)c(F)cc2c1=O. The Hall–Kier alpha value is -2.79. The van der Waals surface area contributed by atoms with Crippen molar-refractivity contribution in [2.45, 2.75) is 43.6 Å². The highest BCUT2D eigenvalue weighted by Gasteiger charge is 2.40. The van der Waals surface area contributed by atoms with Crippen LogP contribution < -0.4 is 15.5 Å². The van der Waals surface area contributed by atoms with Gasteiger partial charge in [0.05, 0.1) is 21.6 Å². The summed E-state index contributed by atoms with van der Waals surface area (Å²) >= 11 is 11.6. The van der Waals surface area contributed by atoms with Gasteiger partial charge in [-0.05, 0) is 37.1 Å². The largest absolute Gasteiger partial charge is 0.491 e. The fourth-order valence-electron chi connectivity index (χ4n) is 4.85. The van der Waals surface area contributed by atoms with Gasteiger partial charge < -0.3 is 24.6 Å². The van der Waals surface area contributed by atoms with E-state index in [1.54, 1.807) is 0 Å². The molecule has 1 aliphatic heterocycles. The highest BCUT2D eigenvalue weighted by atomic mass is 35.5. The van der Waals surface area contributed by atoms with Crippen molar-refractivity contribution in [1.82, 2.24) is 14.8 Å². The average molecular weight is 584 g/mol. The molecule has 2 N–H and O–H groups in total. The lowest BCUT2D eigenvalue weighted by atomic mass is 10.0. The van der Waals surface area contributed by atoms with Gasteiger partial charge in [-0.15, -0.1) is 0 Å². The maximum absolute atomic E-state index is 14.1. The van der Waals surface area contributed by atoms with Gasteiger partial charge in [0.2, 0.25) is 5.43 Å². The number of aromatic nitrogens is 1. The summed E-state index contributed by atoms with van der Waals surface area (Å²) in [5.41, 5.74) is -0.548. The highest BCUT2D eigenvalue weighted by molar-refractivity contribution is 6.31. The van der Waals surface area contributed by atoms with E-state index < -0.39 is 41.3 Å². The van der Waals surface area contributed by atoms with Crippen LogP contribution in [0.3, 0.4) is 0 Å². The Morgan fingerprint density at radius 3 is 2.49 bits per heavy atom. The van der Waals surface area contributed by atoms with E-state index in [-0.39, 0.29) is 51.3 Å². The standard InChI is InChI=1S/C27H26Cl2F3N3O4/c28-19-2-1-16(7-21(19)30)39-13-15(36)11-34-5-3-14(4-6-34)33-27(38)18-12-35(25-10-23(25)32)24-9-20(29)22(31)8-17(24)26(18)37/h1-2,7-9,12,14-15,23,25,36H,3-6,10-11,13H2,(H,33,38)/t15-,23?,25?/m1/s1. The van der Waals surface area contributed by atoms with E-state index in [1.807, 2.05) is 4.90 Å². The number of benzene rings is 2. The lowest BCUT2D eigenvalue weighted by Crippen LogP contribution is -2.47. The molecule has 5 rings (SSSR count). The lowest BCUT2D eigenvalue weighted by Gasteiger charge is -2.33. The van der Waals surface area contributed by atoms with Crippen molar-refractivity contribution in [3.63, 3.8) is 0 Å². The van der Waals surface area contributed by atoms with Crippen LogP contribution in [0, 0.1) is 11.6 Å². The van der Waals surface area contributed by atoms with E-state index in [4.69, 9.17) is 27.9 Å². The van der Waals surface area contributed by atoms with Gasteiger partial charge >= 0.3 is 0 Å². The molecule has 0 spiro atoms. The molecule has 1 saturated heterocycles. The van der Waals surface area contributed by atoms with E-state index >= 15 is 0 Å². The molecule has 2 fully saturated rings. The molecule has 2 aliphatic rings. The second-order valence-corrected chi connectivity index (χ2v) is 10.8. The first kappa shape index (κ1) is 27.8. The van der Waals surface area contributed by atoms with Crippen molar-refractivity contribution >= 4 is 40.0 Å². The van der Waals surface area contributed by atoms with E-state index in [0.29, 0.717) is 32.5 Å². The quantitative estimate of drug-likeness (QED) is 0.408. The van der Waals surface area contributed by atoms with Crippen molar-refractivity contribution in [3.8, 4) is 5.75 Å². The van der Waals surface area contributed by atoms with Crippen LogP contribution in [0.2, 0.25) is 10.0 Å². The van der Waals surface area contributed by atoms with Gasteiger partial charge in [-0.25, -0.2) is 13.2 Å². The Balaban J connectivity index is 1.18. The molecular weight excluding hydrogens is 558 g/mol. The number of β-amino-alcohol motifs (C(OH)–C–C–N with tert-alkyl or cyclic N) is 1. The smallest absolute Gasteiger partial charge is 0.256 e. The number of hydrogen-bond donors (Lipinski definition) is 2. The Morgan fingerprint density at radius 2 is 1.82 bits per heavy atom. The summed E-state index contributed by atoms with van der Waals surface area (Å²) in [5, 5.41) is 13.0. The predicted octanol–water partition coefficient (Wildman–Crippen LogP) is 4.50. The van der Waals surface area contributed by atoms with Gasteiger partial charge in [0.1, 0.15) is 41.8 Å². The predicted molar refractivity (Wildman–Crippen MR) is 142 cm³/mol. The molecule has 7 nitrogen and oxygen atoms in total. The molecular formula is C27H26Cl2F3N3O4. The highest BCUT2D eigenvalue weighted by Crippen LogP contribution is 2.41. The molecule has 3 atom stereocenters. The zero-order chi connectivity index (χ0) is 27.8. The van der Waals surface area contributed by atoms with Crippen LogP contribution in [0.15, 0.2) is 41.3 Å². The third-order valence-corrected chi connectivity index (χ3v) is 7.68. The first-order chi connectivity index (χ1) is 18.6. The number of rotatable bonds is 8. The van der Waals surface area contributed by atoms with Crippen molar-refractivity contribution in [2.24, 2.45) is 0 Å². The maximum atomic E-state index is 14.1. The Kier molecular flexibility index (Phi) is 8.09. The molecule has 12 heteroatoms. The summed E-state index contributed by atoms with van der Waals surface area (Å²) in [7, 11) is 0. The summed E-state index contributed by atoms with van der Waals surface area (Å²) in [5.74, 6) is -1.74. The number of nitrogens with zero attached hydrogens (tertiary/aromatic N) is 2. The topological polar surface area (TPSA) is 83.8 Å². The second-order valence-electron chi connectivity index (χ2n) is 9.97. The summed E-state index contributed by atoms with van der Waals surface area (Å²) in [6.45, 7) is 1.45. The Morgan fingerprint density at radius 1 is 1.13 bits per heavy atom. The number of amides is 1.